The third-order valence-corrected chi connectivity index (χ3v) is 6.34. The second-order valence-electron chi connectivity index (χ2n) is 8.58. The van der Waals surface area contributed by atoms with Crippen LogP contribution in [-0.2, 0) is 11.3 Å². The Labute approximate surface area is 161 Å². The summed E-state index contributed by atoms with van der Waals surface area (Å²) in [5.74, 6) is 3.19. The molecule has 27 heavy (non-hydrogen) atoms. The molecule has 0 N–H and O–H groups in total. The normalized spacial score (nSPS) is 27.7. The fraction of sp³-hybridized carbons (Fsp3) is 0.714. The summed E-state index contributed by atoms with van der Waals surface area (Å²) in [5, 5.41) is 0. The summed E-state index contributed by atoms with van der Waals surface area (Å²) in [5.41, 5.74) is 0. The van der Waals surface area contributed by atoms with Crippen LogP contribution in [-0.4, -0.2) is 59.9 Å². The Morgan fingerprint density at radius 2 is 1.85 bits per heavy atom. The second-order valence-corrected chi connectivity index (χ2v) is 8.58. The van der Waals surface area contributed by atoms with Crippen LogP contribution in [0.2, 0.25) is 0 Å². The minimum absolute atomic E-state index is 0.104. The van der Waals surface area contributed by atoms with Gasteiger partial charge < -0.3 is 19.1 Å². The Morgan fingerprint density at radius 3 is 2.56 bits per heavy atom. The first-order valence-electron chi connectivity index (χ1n) is 10.4. The van der Waals surface area contributed by atoms with Gasteiger partial charge in [0.15, 0.2) is 0 Å². The number of urea groups is 1. The SMILES string of the molecule is C[C@@H]1C[C@H]1c1ccc(CN(C)C(=O)[C@@H]2CCCN(C(=O)N3CCCC3)C2)o1. The largest absolute Gasteiger partial charge is 0.464 e. The van der Waals surface area contributed by atoms with Gasteiger partial charge in [0.05, 0.1) is 12.5 Å². The first kappa shape index (κ1) is 18.4. The zero-order valence-corrected chi connectivity index (χ0v) is 16.5. The van der Waals surface area contributed by atoms with E-state index in [1.807, 2.05) is 22.9 Å². The van der Waals surface area contributed by atoms with Crippen molar-refractivity contribution in [3.8, 4) is 0 Å². The number of carbonyl (C=O) groups excluding carboxylic acids is 2. The van der Waals surface area contributed by atoms with E-state index in [1.54, 1.807) is 4.90 Å². The maximum Gasteiger partial charge on any atom is 0.320 e. The standard InChI is InChI=1S/C21H31N3O3/c1-15-12-18(15)19-8-7-17(27-19)14-22(2)20(25)16-6-5-11-24(13-16)21(26)23-9-3-4-10-23/h7-8,15-16,18H,3-6,9-14H2,1-2H3/t15-,16-,18-/m1/s1. The highest BCUT2D eigenvalue weighted by atomic mass is 16.3. The molecular formula is C21H31N3O3. The topological polar surface area (TPSA) is 57.0 Å². The molecule has 3 aliphatic rings. The van der Waals surface area contributed by atoms with Gasteiger partial charge in [-0.3, -0.25) is 4.79 Å². The molecule has 2 aliphatic heterocycles. The smallest absolute Gasteiger partial charge is 0.320 e. The Bertz CT molecular complexity index is 695. The number of likely N-dealkylation sites (tertiary alicyclic amines) is 2. The van der Waals surface area contributed by atoms with Crippen LogP contribution in [0.3, 0.4) is 0 Å². The first-order chi connectivity index (χ1) is 13.0. The lowest BCUT2D eigenvalue weighted by molar-refractivity contribution is -0.136. The van der Waals surface area contributed by atoms with Crippen molar-refractivity contribution in [2.75, 3.05) is 33.2 Å². The van der Waals surface area contributed by atoms with Crippen molar-refractivity contribution in [2.45, 2.75) is 51.5 Å². The van der Waals surface area contributed by atoms with Crippen molar-refractivity contribution in [3.05, 3.63) is 23.7 Å². The van der Waals surface area contributed by atoms with Gasteiger partial charge in [0.25, 0.3) is 0 Å². The predicted octanol–water partition coefficient (Wildman–Crippen LogP) is 3.29. The summed E-state index contributed by atoms with van der Waals surface area (Å²) in [6.45, 7) is 5.76. The highest BCUT2D eigenvalue weighted by Gasteiger charge is 2.37. The molecule has 1 aromatic rings. The fourth-order valence-electron chi connectivity index (χ4n) is 4.48. The van der Waals surface area contributed by atoms with Crippen molar-refractivity contribution in [1.82, 2.24) is 14.7 Å². The van der Waals surface area contributed by atoms with E-state index in [0.717, 1.165) is 56.8 Å². The molecule has 2 saturated heterocycles. The van der Waals surface area contributed by atoms with Gasteiger partial charge in [-0.2, -0.15) is 0 Å². The maximum atomic E-state index is 12.9. The lowest BCUT2D eigenvalue weighted by Gasteiger charge is -2.35. The van der Waals surface area contributed by atoms with Crippen LogP contribution in [0.4, 0.5) is 4.79 Å². The van der Waals surface area contributed by atoms with Crippen LogP contribution < -0.4 is 0 Å². The third-order valence-electron chi connectivity index (χ3n) is 6.34. The van der Waals surface area contributed by atoms with Crippen molar-refractivity contribution >= 4 is 11.9 Å². The number of amides is 3. The van der Waals surface area contributed by atoms with Gasteiger partial charge in [-0.25, -0.2) is 4.79 Å². The van der Waals surface area contributed by atoms with Gasteiger partial charge in [0, 0.05) is 39.1 Å². The second kappa shape index (κ2) is 7.56. The number of furan rings is 1. The Hall–Kier alpha value is -1.98. The molecule has 0 spiro atoms. The number of hydrogen-bond donors (Lipinski definition) is 0. The average molecular weight is 373 g/mol. The zero-order chi connectivity index (χ0) is 19.0. The van der Waals surface area contributed by atoms with Crippen LogP contribution in [0.25, 0.3) is 0 Å². The summed E-state index contributed by atoms with van der Waals surface area (Å²) in [6.07, 6.45) is 5.14. The summed E-state index contributed by atoms with van der Waals surface area (Å²) >= 11 is 0. The van der Waals surface area contributed by atoms with E-state index in [0.29, 0.717) is 24.9 Å². The molecule has 0 aromatic carbocycles. The quantitative estimate of drug-likeness (QED) is 0.814. The molecule has 148 valence electrons. The Morgan fingerprint density at radius 1 is 1.15 bits per heavy atom. The molecule has 4 rings (SSSR count). The van der Waals surface area contributed by atoms with Gasteiger partial charge in [-0.15, -0.1) is 0 Å². The maximum absolute atomic E-state index is 12.9. The molecular weight excluding hydrogens is 342 g/mol. The average Bonchev–Trinajstić information content (AvgIpc) is 3.10. The van der Waals surface area contributed by atoms with Crippen LogP contribution in [0.1, 0.15) is 56.5 Å². The minimum Gasteiger partial charge on any atom is -0.464 e. The molecule has 6 nitrogen and oxygen atoms in total. The Balaban J connectivity index is 1.32. The number of piperidine rings is 1. The number of hydrogen-bond acceptors (Lipinski definition) is 3. The van der Waals surface area contributed by atoms with E-state index in [2.05, 4.69) is 13.0 Å². The lowest BCUT2D eigenvalue weighted by atomic mass is 9.96. The van der Waals surface area contributed by atoms with Gasteiger partial charge in [0.2, 0.25) is 5.91 Å². The van der Waals surface area contributed by atoms with Crippen LogP contribution in [0.15, 0.2) is 16.5 Å². The van der Waals surface area contributed by atoms with E-state index in [1.165, 1.54) is 6.42 Å². The molecule has 1 aliphatic carbocycles. The van der Waals surface area contributed by atoms with E-state index in [9.17, 15) is 9.59 Å². The molecule has 0 unspecified atom stereocenters. The molecule has 3 amide bonds. The lowest BCUT2D eigenvalue weighted by Crippen LogP contribution is -2.49. The van der Waals surface area contributed by atoms with Crippen molar-refractivity contribution in [1.29, 1.82) is 0 Å². The van der Waals surface area contributed by atoms with Crippen LogP contribution in [0.5, 0.6) is 0 Å². The number of carbonyl (C=O) groups is 2. The highest BCUT2D eigenvalue weighted by Crippen LogP contribution is 2.47. The molecule has 3 fully saturated rings. The van der Waals surface area contributed by atoms with Crippen LogP contribution >= 0.6 is 0 Å². The summed E-state index contributed by atoms with van der Waals surface area (Å²) in [7, 11) is 1.84. The summed E-state index contributed by atoms with van der Waals surface area (Å²) < 4.78 is 5.95. The minimum atomic E-state index is -0.104. The first-order valence-corrected chi connectivity index (χ1v) is 10.4. The van der Waals surface area contributed by atoms with Gasteiger partial charge in [-0.05, 0) is 50.2 Å². The Kier molecular flexibility index (Phi) is 5.15. The molecule has 3 atom stereocenters. The highest BCUT2D eigenvalue weighted by molar-refractivity contribution is 5.81. The van der Waals surface area contributed by atoms with Gasteiger partial charge in [-0.1, -0.05) is 6.92 Å². The van der Waals surface area contributed by atoms with E-state index in [-0.39, 0.29) is 17.9 Å². The molecule has 0 bridgehead atoms. The van der Waals surface area contributed by atoms with E-state index < -0.39 is 0 Å². The summed E-state index contributed by atoms with van der Waals surface area (Å²) in [6, 6.07) is 4.16. The predicted molar refractivity (Wildman–Crippen MR) is 102 cm³/mol. The summed E-state index contributed by atoms with van der Waals surface area (Å²) in [4.78, 5) is 31.1. The van der Waals surface area contributed by atoms with E-state index in [4.69, 9.17) is 4.42 Å². The van der Waals surface area contributed by atoms with Crippen molar-refractivity contribution in [2.24, 2.45) is 11.8 Å². The van der Waals surface area contributed by atoms with Gasteiger partial charge in [0.1, 0.15) is 11.5 Å². The molecule has 1 saturated carbocycles. The number of nitrogens with zero attached hydrogens (tertiary/aromatic N) is 3. The van der Waals surface area contributed by atoms with Gasteiger partial charge >= 0.3 is 6.03 Å². The fourth-order valence-corrected chi connectivity index (χ4v) is 4.48. The monoisotopic (exact) mass is 373 g/mol. The van der Waals surface area contributed by atoms with Crippen LogP contribution in [0, 0.1) is 11.8 Å². The third kappa shape index (κ3) is 3.99. The van der Waals surface area contributed by atoms with E-state index >= 15 is 0 Å². The molecule has 6 heteroatoms. The zero-order valence-electron chi connectivity index (χ0n) is 16.5. The van der Waals surface area contributed by atoms with Crippen molar-refractivity contribution < 1.29 is 14.0 Å². The number of rotatable bonds is 4. The van der Waals surface area contributed by atoms with Crippen molar-refractivity contribution in [3.63, 3.8) is 0 Å². The molecule has 3 heterocycles. The molecule has 0 radical (unpaired) electrons. The molecule has 1 aromatic heterocycles.